The highest BCUT2D eigenvalue weighted by Crippen LogP contribution is 2.10. The van der Waals surface area contributed by atoms with E-state index in [4.69, 9.17) is 0 Å². The number of nitrogens with zero attached hydrogens (tertiary/aromatic N) is 1. The van der Waals surface area contributed by atoms with Crippen molar-refractivity contribution in [3.05, 3.63) is 17.1 Å². The molecule has 0 aromatic carbocycles. The maximum absolute atomic E-state index is 4.25. The smallest absolute Gasteiger partial charge is 0.0544 e. The van der Waals surface area contributed by atoms with Crippen molar-refractivity contribution >= 4 is 11.5 Å². The predicted molar refractivity (Wildman–Crippen MR) is 45.3 cm³/mol. The van der Waals surface area contributed by atoms with Crippen LogP contribution in [0.1, 0.15) is 26.0 Å². The molecule has 1 rings (SSSR count). The van der Waals surface area contributed by atoms with Crippen molar-refractivity contribution in [3.63, 3.8) is 0 Å². The molecule has 0 aliphatic rings. The first-order valence-corrected chi connectivity index (χ1v) is 4.55. The van der Waals surface area contributed by atoms with Crippen molar-refractivity contribution in [2.75, 3.05) is 0 Å². The van der Waals surface area contributed by atoms with E-state index in [-0.39, 0.29) is 0 Å². The summed E-state index contributed by atoms with van der Waals surface area (Å²) in [5.41, 5.74) is 1.25. The van der Waals surface area contributed by atoms with E-state index in [2.05, 4.69) is 24.3 Å². The van der Waals surface area contributed by atoms with E-state index in [1.807, 2.05) is 5.38 Å². The minimum Gasteiger partial charge on any atom is -0.198 e. The van der Waals surface area contributed by atoms with Gasteiger partial charge in [-0.05, 0) is 29.9 Å². The van der Waals surface area contributed by atoms with Crippen LogP contribution in [-0.4, -0.2) is 4.37 Å². The average Bonchev–Trinajstić information content (AvgIpc) is 2.40. The van der Waals surface area contributed by atoms with Gasteiger partial charge in [-0.15, -0.1) is 0 Å². The van der Waals surface area contributed by atoms with Crippen LogP contribution in [0.25, 0.3) is 0 Å². The normalized spacial score (nSPS) is 13.4. The largest absolute Gasteiger partial charge is 0.198 e. The third kappa shape index (κ3) is 2.10. The second-order valence-corrected chi connectivity index (χ2v) is 3.37. The van der Waals surface area contributed by atoms with E-state index in [9.17, 15) is 0 Å². The van der Waals surface area contributed by atoms with Crippen LogP contribution in [0.3, 0.4) is 0 Å². The second-order valence-electron chi connectivity index (χ2n) is 2.71. The van der Waals surface area contributed by atoms with Crippen molar-refractivity contribution in [1.82, 2.24) is 4.37 Å². The molecule has 1 aromatic heterocycles. The molecule has 1 nitrogen and oxygen atoms in total. The fourth-order valence-electron chi connectivity index (χ4n) is 0.844. The molecule has 0 spiro atoms. The van der Waals surface area contributed by atoms with Crippen molar-refractivity contribution < 1.29 is 0 Å². The molecule has 0 aliphatic carbocycles. The van der Waals surface area contributed by atoms with Crippen LogP contribution >= 0.6 is 11.5 Å². The van der Waals surface area contributed by atoms with Gasteiger partial charge < -0.3 is 0 Å². The van der Waals surface area contributed by atoms with E-state index in [0.717, 1.165) is 12.3 Å². The topological polar surface area (TPSA) is 12.9 Å². The van der Waals surface area contributed by atoms with Gasteiger partial charge in [-0.2, -0.15) is 4.37 Å². The standard InChI is InChI=1S/C8H13NS/c1-3-7(2)6-8-4-5-10-9-8/h4-5,7H,3,6H2,1-2H3. The summed E-state index contributed by atoms with van der Waals surface area (Å²) in [5.74, 6) is 0.780. The Kier molecular flexibility index (Phi) is 2.87. The van der Waals surface area contributed by atoms with Crippen LogP contribution < -0.4 is 0 Å². The lowest BCUT2D eigenvalue weighted by Gasteiger charge is -2.03. The molecule has 0 N–H and O–H groups in total. The number of hydrogen-bond acceptors (Lipinski definition) is 2. The number of rotatable bonds is 3. The van der Waals surface area contributed by atoms with Gasteiger partial charge in [-0.25, -0.2) is 0 Å². The lowest BCUT2D eigenvalue weighted by molar-refractivity contribution is 0.555. The van der Waals surface area contributed by atoms with E-state index in [1.165, 1.54) is 12.1 Å². The minimum atomic E-state index is 0.780. The molecule has 1 aromatic rings. The lowest BCUT2D eigenvalue weighted by atomic mass is 10.0. The molecule has 0 fully saturated rings. The molecule has 0 saturated heterocycles. The Labute approximate surface area is 66.3 Å². The fourth-order valence-corrected chi connectivity index (χ4v) is 1.39. The minimum absolute atomic E-state index is 0.780. The maximum atomic E-state index is 4.25. The van der Waals surface area contributed by atoms with Crippen molar-refractivity contribution in [3.8, 4) is 0 Å². The van der Waals surface area contributed by atoms with E-state index in [1.54, 1.807) is 11.5 Å². The summed E-state index contributed by atoms with van der Waals surface area (Å²) in [5, 5.41) is 2.04. The Bertz CT molecular complexity index is 169. The van der Waals surface area contributed by atoms with E-state index in [0.29, 0.717) is 0 Å². The Hall–Kier alpha value is -0.370. The predicted octanol–water partition coefficient (Wildman–Crippen LogP) is 2.73. The molecular formula is C8H13NS. The summed E-state index contributed by atoms with van der Waals surface area (Å²) in [6.07, 6.45) is 2.39. The molecule has 1 heterocycles. The molecule has 0 radical (unpaired) electrons. The number of aromatic nitrogens is 1. The average molecular weight is 155 g/mol. The zero-order chi connectivity index (χ0) is 7.40. The highest BCUT2D eigenvalue weighted by atomic mass is 32.1. The zero-order valence-electron chi connectivity index (χ0n) is 6.50. The van der Waals surface area contributed by atoms with Crippen LogP contribution in [0.15, 0.2) is 11.4 Å². The van der Waals surface area contributed by atoms with Crippen LogP contribution in [0.2, 0.25) is 0 Å². The third-order valence-corrected chi connectivity index (χ3v) is 2.34. The molecule has 0 amide bonds. The van der Waals surface area contributed by atoms with Crippen LogP contribution in [-0.2, 0) is 6.42 Å². The van der Waals surface area contributed by atoms with Gasteiger partial charge in [-0.3, -0.25) is 0 Å². The van der Waals surface area contributed by atoms with Crippen LogP contribution in [0.5, 0.6) is 0 Å². The molecule has 1 unspecified atom stereocenters. The highest BCUT2D eigenvalue weighted by molar-refractivity contribution is 7.03. The molecule has 0 bridgehead atoms. The SMILES string of the molecule is CCC(C)Cc1ccsn1. The molecule has 2 heteroatoms. The molecule has 10 heavy (non-hydrogen) atoms. The van der Waals surface area contributed by atoms with Crippen molar-refractivity contribution in [2.24, 2.45) is 5.92 Å². The first kappa shape index (κ1) is 7.73. The quantitative estimate of drug-likeness (QED) is 0.654. The second kappa shape index (κ2) is 3.71. The van der Waals surface area contributed by atoms with Gasteiger partial charge in [0, 0.05) is 5.38 Å². The van der Waals surface area contributed by atoms with Crippen LogP contribution in [0.4, 0.5) is 0 Å². The van der Waals surface area contributed by atoms with Gasteiger partial charge in [0.05, 0.1) is 5.69 Å². The number of hydrogen-bond donors (Lipinski definition) is 0. The summed E-state index contributed by atoms with van der Waals surface area (Å²) in [6, 6.07) is 2.11. The fraction of sp³-hybridized carbons (Fsp3) is 0.625. The maximum Gasteiger partial charge on any atom is 0.0544 e. The molecule has 0 aliphatic heterocycles. The third-order valence-electron chi connectivity index (χ3n) is 1.75. The highest BCUT2D eigenvalue weighted by Gasteiger charge is 2.01. The van der Waals surface area contributed by atoms with Crippen molar-refractivity contribution in [1.29, 1.82) is 0 Å². The van der Waals surface area contributed by atoms with Gasteiger partial charge in [0.1, 0.15) is 0 Å². The molecule has 56 valence electrons. The Balaban J connectivity index is 2.40. The van der Waals surface area contributed by atoms with Gasteiger partial charge in [0.15, 0.2) is 0 Å². The first-order chi connectivity index (χ1) is 4.83. The summed E-state index contributed by atoms with van der Waals surface area (Å²) in [4.78, 5) is 0. The van der Waals surface area contributed by atoms with E-state index >= 15 is 0 Å². The molecular weight excluding hydrogens is 142 g/mol. The van der Waals surface area contributed by atoms with Gasteiger partial charge >= 0.3 is 0 Å². The Morgan fingerprint density at radius 2 is 2.50 bits per heavy atom. The summed E-state index contributed by atoms with van der Waals surface area (Å²) in [7, 11) is 0. The summed E-state index contributed by atoms with van der Waals surface area (Å²) >= 11 is 1.54. The summed E-state index contributed by atoms with van der Waals surface area (Å²) in [6.45, 7) is 4.48. The van der Waals surface area contributed by atoms with Crippen molar-refractivity contribution in [2.45, 2.75) is 26.7 Å². The lowest BCUT2D eigenvalue weighted by Crippen LogP contribution is -1.96. The van der Waals surface area contributed by atoms with E-state index < -0.39 is 0 Å². The molecule has 0 saturated carbocycles. The summed E-state index contributed by atoms with van der Waals surface area (Å²) < 4.78 is 4.25. The Morgan fingerprint density at radius 3 is 3.00 bits per heavy atom. The first-order valence-electron chi connectivity index (χ1n) is 3.72. The Morgan fingerprint density at radius 1 is 1.70 bits per heavy atom. The van der Waals surface area contributed by atoms with Crippen LogP contribution in [0, 0.1) is 5.92 Å². The van der Waals surface area contributed by atoms with Gasteiger partial charge in [0.2, 0.25) is 0 Å². The van der Waals surface area contributed by atoms with Gasteiger partial charge in [-0.1, -0.05) is 20.3 Å². The molecule has 1 atom stereocenters. The monoisotopic (exact) mass is 155 g/mol. The van der Waals surface area contributed by atoms with Gasteiger partial charge in [0.25, 0.3) is 0 Å². The zero-order valence-corrected chi connectivity index (χ0v) is 7.32.